The summed E-state index contributed by atoms with van der Waals surface area (Å²) >= 11 is 0. The number of carboxylic acids is 2. The maximum absolute atomic E-state index is 11.1. The van der Waals surface area contributed by atoms with Crippen molar-refractivity contribution in [3.8, 4) is 0 Å². The van der Waals surface area contributed by atoms with Crippen LogP contribution in [0.4, 0.5) is 18.9 Å². The van der Waals surface area contributed by atoms with Crippen molar-refractivity contribution in [3.05, 3.63) is 29.8 Å². The molecule has 0 saturated heterocycles. The van der Waals surface area contributed by atoms with E-state index in [2.05, 4.69) is 10.6 Å². The van der Waals surface area contributed by atoms with Crippen LogP contribution in [0.15, 0.2) is 29.3 Å². The van der Waals surface area contributed by atoms with Gasteiger partial charge in [-0.1, -0.05) is 0 Å². The Morgan fingerprint density at radius 3 is 2.05 bits per heavy atom. The van der Waals surface area contributed by atoms with Crippen LogP contribution in [0.1, 0.15) is 62.2 Å². The van der Waals surface area contributed by atoms with Crippen LogP contribution >= 0.6 is 0 Å². The van der Waals surface area contributed by atoms with Gasteiger partial charge >= 0.3 is 18.1 Å². The summed E-state index contributed by atoms with van der Waals surface area (Å²) < 4.78 is 37.2. The number of aromatic carboxylic acids is 1. The topological polar surface area (TPSA) is 120 Å². The lowest BCUT2D eigenvalue weighted by atomic mass is 9.49. The van der Waals surface area contributed by atoms with E-state index in [0.29, 0.717) is 5.41 Å². The van der Waals surface area contributed by atoms with Gasteiger partial charge < -0.3 is 25.6 Å². The third kappa shape index (κ3) is 8.62. The van der Waals surface area contributed by atoms with Crippen LogP contribution < -0.4 is 10.6 Å². The zero-order chi connectivity index (χ0) is 27.1. The summed E-state index contributed by atoms with van der Waals surface area (Å²) in [5, 5.41) is 23.1. The van der Waals surface area contributed by atoms with Crippen molar-refractivity contribution in [1.82, 2.24) is 5.32 Å². The first-order valence-corrected chi connectivity index (χ1v) is 12.8. The van der Waals surface area contributed by atoms with E-state index in [1.807, 2.05) is 6.92 Å². The number of nitrogens with zero attached hydrogens (tertiary/aromatic N) is 1. The average Bonchev–Trinajstić information content (AvgIpc) is 2.81. The Kier molecular flexibility index (Phi) is 9.80. The number of benzene rings is 1. The minimum Gasteiger partial charge on any atom is -0.478 e. The van der Waals surface area contributed by atoms with E-state index in [1.54, 1.807) is 24.3 Å². The van der Waals surface area contributed by atoms with Crippen molar-refractivity contribution in [2.45, 2.75) is 58.0 Å². The largest absolute Gasteiger partial charge is 0.490 e. The first-order chi connectivity index (χ1) is 17.5. The summed E-state index contributed by atoms with van der Waals surface area (Å²) in [6, 6.07) is 6.84. The summed E-state index contributed by atoms with van der Waals surface area (Å²) in [6.07, 6.45) is 4.19. The molecule has 37 heavy (non-hydrogen) atoms. The zero-order valence-corrected chi connectivity index (χ0v) is 21.0. The molecule has 1 aromatic carbocycles. The summed E-state index contributed by atoms with van der Waals surface area (Å²) in [6.45, 7) is 5.15. The molecule has 4 fully saturated rings. The number of rotatable bonds is 9. The minimum atomic E-state index is -5.08. The van der Waals surface area contributed by atoms with Crippen LogP contribution in [-0.2, 0) is 9.53 Å². The molecule has 0 atom stereocenters. The van der Waals surface area contributed by atoms with E-state index in [4.69, 9.17) is 24.7 Å². The molecular weight excluding hydrogens is 491 g/mol. The summed E-state index contributed by atoms with van der Waals surface area (Å²) in [4.78, 5) is 25.0. The van der Waals surface area contributed by atoms with Crippen LogP contribution in [0.25, 0.3) is 0 Å². The van der Waals surface area contributed by atoms with Gasteiger partial charge in [-0.2, -0.15) is 13.2 Å². The number of anilines is 1. The van der Waals surface area contributed by atoms with E-state index in [9.17, 15) is 18.0 Å². The number of aliphatic imine (C=N–C) groups is 1. The molecule has 0 unspecified atom stereocenters. The van der Waals surface area contributed by atoms with Gasteiger partial charge in [0.25, 0.3) is 0 Å². The molecule has 8 nitrogen and oxygen atoms in total. The zero-order valence-electron chi connectivity index (χ0n) is 21.0. The number of alkyl halides is 3. The maximum Gasteiger partial charge on any atom is 0.490 e. The molecule has 5 rings (SSSR count). The monoisotopic (exact) mass is 527 g/mol. The Bertz CT molecular complexity index is 914. The molecular formula is C26H36F3N3O5. The highest BCUT2D eigenvalue weighted by Gasteiger charge is 2.50. The summed E-state index contributed by atoms with van der Waals surface area (Å²) in [7, 11) is 0. The Morgan fingerprint density at radius 1 is 1.05 bits per heavy atom. The van der Waals surface area contributed by atoms with E-state index < -0.39 is 18.1 Å². The molecule has 0 amide bonds. The van der Waals surface area contributed by atoms with Gasteiger partial charge in [0.2, 0.25) is 0 Å². The fourth-order valence-corrected chi connectivity index (χ4v) is 6.23. The van der Waals surface area contributed by atoms with E-state index in [1.165, 1.54) is 38.5 Å². The lowest BCUT2D eigenvalue weighted by Gasteiger charge is -2.56. The highest BCUT2D eigenvalue weighted by atomic mass is 19.4. The molecule has 4 N–H and O–H groups in total. The number of carboxylic acid groups (broad SMARTS) is 2. The van der Waals surface area contributed by atoms with Gasteiger partial charge in [-0.25, -0.2) is 9.59 Å². The van der Waals surface area contributed by atoms with Crippen molar-refractivity contribution in [1.29, 1.82) is 0 Å². The Labute approximate surface area is 214 Å². The highest BCUT2D eigenvalue weighted by Crippen LogP contribution is 2.60. The predicted octanol–water partition coefficient (Wildman–Crippen LogP) is 5.02. The molecule has 0 radical (unpaired) electrons. The normalized spacial score (nSPS) is 26.3. The smallest absolute Gasteiger partial charge is 0.478 e. The number of guanidine groups is 1. The Hall–Kier alpha value is -2.82. The average molecular weight is 528 g/mol. The molecule has 206 valence electrons. The van der Waals surface area contributed by atoms with Gasteiger partial charge in [0.1, 0.15) is 0 Å². The quantitative estimate of drug-likeness (QED) is 0.202. The van der Waals surface area contributed by atoms with Crippen LogP contribution in [-0.4, -0.2) is 60.6 Å². The first kappa shape index (κ1) is 28.7. The third-order valence-corrected chi connectivity index (χ3v) is 7.34. The fourth-order valence-electron chi connectivity index (χ4n) is 6.23. The van der Waals surface area contributed by atoms with Crippen molar-refractivity contribution in [3.63, 3.8) is 0 Å². The lowest BCUT2D eigenvalue weighted by Crippen LogP contribution is -2.48. The molecule has 11 heteroatoms. The van der Waals surface area contributed by atoms with Crippen molar-refractivity contribution >= 4 is 23.6 Å². The third-order valence-electron chi connectivity index (χ3n) is 7.34. The van der Waals surface area contributed by atoms with Crippen LogP contribution in [0.5, 0.6) is 0 Å². The van der Waals surface area contributed by atoms with Crippen molar-refractivity contribution in [2.75, 3.05) is 31.6 Å². The number of nitrogens with one attached hydrogen (secondary N) is 2. The van der Waals surface area contributed by atoms with Crippen LogP contribution in [0.2, 0.25) is 0 Å². The molecule has 4 bridgehead atoms. The number of ether oxygens (including phenoxy) is 1. The van der Waals surface area contributed by atoms with Crippen molar-refractivity contribution < 1.29 is 37.7 Å². The molecule has 1 aromatic rings. The van der Waals surface area contributed by atoms with Gasteiger partial charge in [0, 0.05) is 32.0 Å². The second-order valence-electron chi connectivity index (χ2n) is 10.4. The highest BCUT2D eigenvalue weighted by molar-refractivity contribution is 5.94. The van der Waals surface area contributed by atoms with Crippen LogP contribution in [0, 0.1) is 23.2 Å². The number of hydrogen-bond acceptors (Lipinski definition) is 4. The second kappa shape index (κ2) is 12.6. The molecule has 0 aromatic heterocycles. The van der Waals surface area contributed by atoms with Gasteiger partial charge in [-0.3, -0.25) is 4.99 Å². The van der Waals surface area contributed by atoms with Gasteiger partial charge in [0.15, 0.2) is 5.96 Å². The number of aliphatic carboxylic acids is 1. The van der Waals surface area contributed by atoms with Crippen molar-refractivity contribution in [2.24, 2.45) is 28.2 Å². The molecule has 4 aliphatic carbocycles. The molecule has 0 spiro atoms. The number of hydrogen-bond donors (Lipinski definition) is 4. The summed E-state index contributed by atoms with van der Waals surface area (Å²) in [5.41, 5.74) is 1.53. The number of carbonyl (C=O) groups is 2. The molecule has 4 aliphatic rings. The minimum absolute atomic E-state index is 0.289. The Balaban J connectivity index is 0.000000479. The summed E-state index contributed by atoms with van der Waals surface area (Å²) in [5.74, 6) is -0.120. The molecule has 0 aliphatic heterocycles. The van der Waals surface area contributed by atoms with Gasteiger partial charge in [0.05, 0.1) is 5.56 Å². The lowest BCUT2D eigenvalue weighted by molar-refractivity contribution is -0.192. The first-order valence-electron chi connectivity index (χ1n) is 12.8. The Morgan fingerprint density at radius 2 is 1.59 bits per heavy atom. The maximum atomic E-state index is 11.1. The fraction of sp³-hybridized carbons (Fsp3) is 0.654. The van der Waals surface area contributed by atoms with E-state index in [-0.39, 0.29) is 5.56 Å². The van der Waals surface area contributed by atoms with E-state index >= 15 is 0 Å². The standard InChI is InChI=1S/C24H35N3O3.C2HF3O2/c1-2-30-9-3-8-25-23(27-21-6-4-20(5-7-21)22(28)29)26-16-24-13-17-10-18(14-24)12-19(11-17)15-24;3-2(4,5)1(6)7/h4-7,17-19H,2-3,8-16H2,1H3,(H,28,29)(H2,25,26,27);(H,6,7). The van der Waals surface area contributed by atoms with Gasteiger partial charge in [-0.15, -0.1) is 0 Å². The predicted molar refractivity (Wildman–Crippen MR) is 133 cm³/mol. The number of halogens is 3. The van der Waals surface area contributed by atoms with E-state index in [0.717, 1.165) is 62.1 Å². The molecule has 0 heterocycles. The molecule has 4 saturated carbocycles. The van der Waals surface area contributed by atoms with Crippen LogP contribution in [0.3, 0.4) is 0 Å². The van der Waals surface area contributed by atoms with Gasteiger partial charge in [-0.05, 0) is 99.3 Å². The second-order valence-corrected chi connectivity index (χ2v) is 10.4. The SMILES string of the molecule is CCOCCCNC(=NCC12CC3CC(CC(C3)C1)C2)Nc1ccc(C(=O)O)cc1.O=C(O)C(F)(F)F.